The van der Waals surface area contributed by atoms with E-state index in [1.54, 1.807) is 0 Å². The molecule has 1 saturated heterocycles. The topological polar surface area (TPSA) is 85.0 Å². The maximum atomic E-state index is 11.2. The molecule has 1 fully saturated rings. The van der Waals surface area contributed by atoms with Gasteiger partial charge in [0.05, 0.1) is 18.8 Å². The molecular formula is C12H26N2O4Si. The number of carbonyl (C=O) groups is 1. The second-order valence-corrected chi connectivity index (χ2v) is 11.4. The van der Waals surface area contributed by atoms with Gasteiger partial charge >= 0.3 is 6.09 Å². The van der Waals surface area contributed by atoms with Crippen molar-refractivity contribution in [2.45, 2.75) is 57.5 Å². The molecule has 1 aliphatic heterocycles. The molecule has 3 N–H and O–H groups in total. The van der Waals surface area contributed by atoms with Crippen LogP contribution < -0.4 is 5.90 Å². The van der Waals surface area contributed by atoms with Crippen LogP contribution in [-0.4, -0.2) is 49.7 Å². The van der Waals surface area contributed by atoms with Crippen LogP contribution in [0.1, 0.15) is 27.2 Å². The number of rotatable bonds is 4. The molecule has 19 heavy (non-hydrogen) atoms. The average Bonchev–Trinajstić information content (AvgIpc) is 2.59. The zero-order chi connectivity index (χ0) is 14.8. The quantitative estimate of drug-likeness (QED) is 0.611. The van der Waals surface area contributed by atoms with Crippen molar-refractivity contribution in [3.63, 3.8) is 0 Å². The van der Waals surface area contributed by atoms with Gasteiger partial charge in [-0.15, -0.1) is 0 Å². The summed E-state index contributed by atoms with van der Waals surface area (Å²) in [6, 6.07) is -0.211. The maximum absolute atomic E-state index is 11.2. The molecule has 0 aliphatic carbocycles. The highest BCUT2D eigenvalue weighted by Gasteiger charge is 2.43. The first-order valence-electron chi connectivity index (χ1n) is 6.57. The van der Waals surface area contributed by atoms with Crippen molar-refractivity contribution in [1.29, 1.82) is 0 Å². The van der Waals surface area contributed by atoms with Crippen LogP contribution in [0.3, 0.4) is 0 Å². The minimum atomic E-state index is -1.88. The van der Waals surface area contributed by atoms with Crippen molar-refractivity contribution in [3.05, 3.63) is 0 Å². The van der Waals surface area contributed by atoms with Crippen molar-refractivity contribution >= 4 is 14.4 Å². The van der Waals surface area contributed by atoms with Crippen molar-refractivity contribution in [3.8, 4) is 0 Å². The van der Waals surface area contributed by atoms with E-state index < -0.39 is 14.4 Å². The van der Waals surface area contributed by atoms with E-state index in [4.69, 9.17) is 10.3 Å². The highest BCUT2D eigenvalue weighted by molar-refractivity contribution is 6.74. The molecule has 7 heteroatoms. The van der Waals surface area contributed by atoms with E-state index in [0.29, 0.717) is 13.0 Å². The van der Waals surface area contributed by atoms with Gasteiger partial charge in [-0.25, -0.2) is 10.7 Å². The third-order valence-electron chi connectivity index (χ3n) is 4.18. The molecular weight excluding hydrogens is 264 g/mol. The van der Waals surface area contributed by atoms with E-state index >= 15 is 0 Å². The van der Waals surface area contributed by atoms with E-state index in [9.17, 15) is 9.90 Å². The molecule has 2 unspecified atom stereocenters. The molecule has 112 valence electrons. The Kier molecular flexibility index (Phi) is 5.00. The molecule has 0 aromatic rings. The van der Waals surface area contributed by atoms with Gasteiger partial charge in [0.1, 0.15) is 0 Å². The average molecular weight is 290 g/mol. The van der Waals surface area contributed by atoms with E-state index in [1.807, 2.05) is 0 Å². The van der Waals surface area contributed by atoms with Crippen LogP contribution in [0.4, 0.5) is 4.79 Å². The number of amides is 1. The minimum Gasteiger partial charge on any atom is -0.465 e. The van der Waals surface area contributed by atoms with Crippen LogP contribution in [0, 0.1) is 0 Å². The summed E-state index contributed by atoms with van der Waals surface area (Å²) in [5.41, 5.74) is 0. The fraction of sp³-hybridized carbons (Fsp3) is 0.917. The van der Waals surface area contributed by atoms with Gasteiger partial charge in [0.25, 0.3) is 0 Å². The molecule has 1 amide bonds. The molecule has 0 saturated carbocycles. The van der Waals surface area contributed by atoms with Gasteiger partial charge in [-0.3, -0.25) is 0 Å². The van der Waals surface area contributed by atoms with E-state index in [1.165, 1.54) is 4.90 Å². The lowest BCUT2D eigenvalue weighted by Gasteiger charge is -2.38. The van der Waals surface area contributed by atoms with Crippen molar-refractivity contribution in [2.24, 2.45) is 5.90 Å². The smallest absolute Gasteiger partial charge is 0.407 e. The number of likely N-dealkylation sites (tertiary alicyclic amines) is 1. The fourth-order valence-corrected chi connectivity index (χ4v) is 3.41. The SMILES string of the molecule is CC(C)(C)[Si](C)(C)OC1CC(CON)N(C(=O)O)C1. The lowest BCUT2D eigenvalue weighted by molar-refractivity contribution is 0.0733. The van der Waals surface area contributed by atoms with Gasteiger partial charge in [-0.2, -0.15) is 0 Å². The second-order valence-electron chi connectivity index (χ2n) is 6.66. The van der Waals surface area contributed by atoms with Crippen LogP contribution in [0.15, 0.2) is 0 Å². The molecule has 2 atom stereocenters. The molecule has 1 rings (SSSR count). The summed E-state index contributed by atoms with van der Waals surface area (Å²) < 4.78 is 6.26. The summed E-state index contributed by atoms with van der Waals surface area (Å²) in [6.45, 7) is 11.5. The molecule has 1 heterocycles. The summed E-state index contributed by atoms with van der Waals surface area (Å²) in [4.78, 5) is 17.1. The van der Waals surface area contributed by atoms with E-state index in [2.05, 4.69) is 38.7 Å². The predicted octanol–water partition coefficient (Wildman–Crippen LogP) is 2.02. The first-order chi connectivity index (χ1) is 8.58. The van der Waals surface area contributed by atoms with Crippen molar-refractivity contribution in [2.75, 3.05) is 13.2 Å². The number of hydrogen-bond donors (Lipinski definition) is 2. The first kappa shape index (κ1) is 16.4. The Morgan fingerprint density at radius 2 is 2.05 bits per heavy atom. The molecule has 0 aromatic carbocycles. The van der Waals surface area contributed by atoms with Gasteiger partial charge < -0.3 is 19.3 Å². The summed E-state index contributed by atoms with van der Waals surface area (Å²) in [5.74, 6) is 5.06. The summed E-state index contributed by atoms with van der Waals surface area (Å²) >= 11 is 0. The molecule has 0 bridgehead atoms. The zero-order valence-corrected chi connectivity index (χ0v) is 13.5. The standard InChI is InChI=1S/C12H26N2O4Si/c1-12(2,3)19(4,5)18-10-6-9(8-17-13)14(7-10)11(15)16/h9-10H,6-8,13H2,1-5H3,(H,15,16). The molecule has 0 radical (unpaired) electrons. The fourth-order valence-electron chi connectivity index (χ4n) is 2.06. The van der Waals surface area contributed by atoms with Crippen LogP contribution in [-0.2, 0) is 9.26 Å². The number of carboxylic acid groups (broad SMARTS) is 1. The Balaban J connectivity index is 2.70. The molecule has 0 aromatic heterocycles. The third kappa shape index (κ3) is 3.91. The summed E-state index contributed by atoms with van der Waals surface area (Å²) in [5, 5.41) is 9.29. The lowest BCUT2D eigenvalue weighted by atomic mass is 10.2. The summed E-state index contributed by atoms with van der Waals surface area (Å²) in [6.07, 6.45) is -0.351. The van der Waals surface area contributed by atoms with Gasteiger partial charge in [0.15, 0.2) is 8.32 Å². The highest BCUT2D eigenvalue weighted by atomic mass is 28.4. The molecule has 1 aliphatic rings. The Morgan fingerprint density at radius 1 is 1.47 bits per heavy atom. The third-order valence-corrected chi connectivity index (χ3v) is 8.71. The second kappa shape index (κ2) is 5.78. The van der Waals surface area contributed by atoms with Crippen LogP contribution in [0.5, 0.6) is 0 Å². The Bertz CT molecular complexity index is 330. The summed E-state index contributed by atoms with van der Waals surface area (Å²) in [7, 11) is -1.88. The van der Waals surface area contributed by atoms with E-state index in [-0.39, 0.29) is 23.8 Å². The van der Waals surface area contributed by atoms with Gasteiger partial charge in [0.2, 0.25) is 0 Å². The first-order valence-corrected chi connectivity index (χ1v) is 9.48. The zero-order valence-electron chi connectivity index (χ0n) is 12.5. The number of hydrogen-bond acceptors (Lipinski definition) is 4. The van der Waals surface area contributed by atoms with Gasteiger partial charge in [-0.1, -0.05) is 20.8 Å². The van der Waals surface area contributed by atoms with Crippen LogP contribution in [0.25, 0.3) is 0 Å². The van der Waals surface area contributed by atoms with Crippen LogP contribution >= 0.6 is 0 Å². The molecule has 0 spiro atoms. The number of nitrogens with zero attached hydrogens (tertiary/aromatic N) is 1. The monoisotopic (exact) mass is 290 g/mol. The lowest BCUT2D eigenvalue weighted by Crippen LogP contribution is -2.44. The Labute approximate surface area is 115 Å². The van der Waals surface area contributed by atoms with Crippen LogP contribution in [0.2, 0.25) is 18.1 Å². The predicted molar refractivity (Wildman–Crippen MR) is 75.3 cm³/mol. The van der Waals surface area contributed by atoms with Gasteiger partial charge in [0, 0.05) is 6.54 Å². The molecule has 6 nitrogen and oxygen atoms in total. The number of nitrogens with two attached hydrogens (primary N) is 1. The largest absolute Gasteiger partial charge is 0.465 e. The minimum absolute atomic E-state index is 0.0582. The van der Waals surface area contributed by atoms with Gasteiger partial charge in [-0.05, 0) is 24.6 Å². The Hall–Kier alpha value is -0.633. The van der Waals surface area contributed by atoms with E-state index in [0.717, 1.165) is 0 Å². The highest BCUT2D eigenvalue weighted by Crippen LogP contribution is 2.38. The Morgan fingerprint density at radius 3 is 2.47 bits per heavy atom. The normalized spacial score (nSPS) is 24.8. The van der Waals surface area contributed by atoms with Crippen molar-refractivity contribution < 1.29 is 19.2 Å². The van der Waals surface area contributed by atoms with Crippen molar-refractivity contribution in [1.82, 2.24) is 4.90 Å². The maximum Gasteiger partial charge on any atom is 0.407 e.